The standard InChI is InChI=1S/C26H36N2O4/c1-2-3-4-5-6-15-30-23-12-7-10-21(17-23)27-19-26(29)28-22-11-8-13-24(18-22)32-20-25-14-9-16-31-25/h7-8,10-13,17-18,25,27H,2-6,9,14-16,19-20H2,1H3,(H,28,29). The van der Waals surface area contributed by atoms with E-state index >= 15 is 0 Å². The lowest BCUT2D eigenvalue weighted by atomic mass is 10.2. The van der Waals surface area contributed by atoms with Gasteiger partial charge in [0.1, 0.15) is 18.1 Å². The molecule has 0 aliphatic carbocycles. The highest BCUT2D eigenvalue weighted by molar-refractivity contribution is 5.93. The summed E-state index contributed by atoms with van der Waals surface area (Å²) in [7, 11) is 0. The van der Waals surface area contributed by atoms with Gasteiger partial charge in [0.2, 0.25) is 5.91 Å². The molecule has 6 nitrogen and oxygen atoms in total. The number of unbranched alkanes of at least 4 members (excludes halogenated alkanes) is 4. The van der Waals surface area contributed by atoms with Crippen LogP contribution in [-0.2, 0) is 9.53 Å². The normalized spacial score (nSPS) is 15.3. The van der Waals surface area contributed by atoms with Crippen molar-refractivity contribution in [1.29, 1.82) is 0 Å². The molecular formula is C26H36N2O4. The number of nitrogens with one attached hydrogen (secondary N) is 2. The van der Waals surface area contributed by atoms with Crippen LogP contribution >= 0.6 is 0 Å². The lowest BCUT2D eigenvalue weighted by molar-refractivity contribution is -0.114. The van der Waals surface area contributed by atoms with E-state index in [1.165, 1.54) is 25.7 Å². The van der Waals surface area contributed by atoms with E-state index in [1.807, 2.05) is 48.5 Å². The largest absolute Gasteiger partial charge is 0.494 e. The summed E-state index contributed by atoms with van der Waals surface area (Å²) in [5, 5.41) is 6.07. The van der Waals surface area contributed by atoms with Gasteiger partial charge >= 0.3 is 0 Å². The predicted octanol–water partition coefficient (Wildman–Crippen LogP) is 5.64. The molecule has 0 radical (unpaired) electrons. The minimum atomic E-state index is -0.122. The second-order valence-electron chi connectivity index (χ2n) is 8.17. The average Bonchev–Trinajstić information content (AvgIpc) is 3.33. The molecule has 6 heteroatoms. The molecule has 2 aromatic rings. The van der Waals surface area contributed by atoms with E-state index in [9.17, 15) is 4.79 Å². The number of hydrogen-bond donors (Lipinski definition) is 2. The number of rotatable bonds is 14. The Morgan fingerprint density at radius 3 is 2.53 bits per heavy atom. The molecule has 1 fully saturated rings. The highest BCUT2D eigenvalue weighted by Gasteiger charge is 2.16. The number of ether oxygens (including phenoxy) is 3. The van der Waals surface area contributed by atoms with Gasteiger partial charge in [0.05, 0.1) is 19.3 Å². The molecule has 2 N–H and O–H groups in total. The zero-order valence-electron chi connectivity index (χ0n) is 19.1. The molecule has 1 heterocycles. The van der Waals surface area contributed by atoms with Crippen LogP contribution < -0.4 is 20.1 Å². The fourth-order valence-electron chi connectivity index (χ4n) is 3.61. The first kappa shape index (κ1) is 23.9. The van der Waals surface area contributed by atoms with Crippen molar-refractivity contribution >= 4 is 17.3 Å². The average molecular weight is 441 g/mol. The maximum atomic E-state index is 12.4. The van der Waals surface area contributed by atoms with Gasteiger partial charge in [-0.25, -0.2) is 0 Å². The van der Waals surface area contributed by atoms with Crippen LogP contribution in [0.15, 0.2) is 48.5 Å². The highest BCUT2D eigenvalue weighted by atomic mass is 16.5. The topological polar surface area (TPSA) is 68.8 Å². The first-order valence-corrected chi connectivity index (χ1v) is 11.8. The number of carbonyl (C=O) groups excluding carboxylic acids is 1. The monoisotopic (exact) mass is 440 g/mol. The molecule has 0 aromatic heterocycles. The molecule has 1 unspecified atom stereocenters. The van der Waals surface area contributed by atoms with Crippen LogP contribution in [0.1, 0.15) is 51.9 Å². The van der Waals surface area contributed by atoms with E-state index in [-0.39, 0.29) is 18.6 Å². The van der Waals surface area contributed by atoms with Crippen LogP contribution in [0.3, 0.4) is 0 Å². The third-order valence-corrected chi connectivity index (χ3v) is 5.38. The van der Waals surface area contributed by atoms with Crippen molar-refractivity contribution in [2.24, 2.45) is 0 Å². The number of hydrogen-bond acceptors (Lipinski definition) is 5. The number of amides is 1. The van der Waals surface area contributed by atoms with Crippen LogP contribution in [0.4, 0.5) is 11.4 Å². The van der Waals surface area contributed by atoms with Gasteiger partial charge in [0.25, 0.3) is 0 Å². The van der Waals surface area contributed by atoms with Gasteiger partial charge in [-0.2, -0.15) is 0 Å². The second kappa shape index (κ2) is 13.6. The molecule has 2 aromatic carbocycles. The summed E-state index contributed by atoms with van der Waals surface area (Å²) in [6.45, 7) is 4.45. The maximum Gasteiger partial charge on any atom is 0.243 e. The van der Waals surface area contributed by atoms with Crippen LogP contribution in [0.2, 0.25) is 0 Å². The Kier molecular flexibility index (Phi) is 10.2. The number of benzene rings is 2. The van der Waals surface area contributed by atoms with Crippen molar-refractivity contribution in [3.63, 3.8) is 0 Å². The molecular weight excluding hydrogens is 404 g/mol. The lowest BCUT2D eigenvalue weighted by Gasteiger charge is -2.13. The smallest absolute Gasteiger partial charge is 0.243 e. The Morgan fingerprint density at radius 1 is 1.00 bits per heavy atom. The summed E-state index contributed by atoms with van der Waals surface area (Å²) in [6.07, 6.45) is 8.35. The summed E-state index contributed by atoms with van der Waals surface area (Å²) < 4.78 is 17.2. The molecule has 1 atom stereocenters. The van der Waals surface area contributed by atoms with Gasteiger partial charge in [-0.15, -0.1) is 0 Å². The van der Waals surface area contributed by atoms with Gasteiger partial charge in [0.15, 0.2) is 0 Å². The minimum Gasteiger partial charge on any atom is -0.494 e. The van der Waals surface area contributed by atoms with Gasteiger partial charge in [-0.05, 0) is 43.5 Å². The molecule has 3 rings (SSSR count). The molecule has 0 bridgehead atoms. The van der Waals surface area contributed by atoms with Gasteiger partial charge in [-0.3, -0.25) is 4.79 Å². The zero-order chi connectivity index (χ0) is 22.4. The van der Waals surface area contributed by atoms with Gasteiger partial charge in [-0.1, -0.05) is 44.7 Å². The van der Waals surface area contributed by atoms with Crippen LogP contribution in [0.5, 0.6) is 11.5 Å². The van der Waals surface area contributed by atoms with Crippen LogP contribution in [0.25, 0.3) is 0 Å². The first-order valence-electron chi connectivity index (χ1n) is 11.8. The fraction of sp³-hybridized carbons (Fsp3) is 0.500. The Bertz CT molecular complexity index is 821. The van der Waals surface area contributed by atoms with E-state index in [4.69, 9.17) is 14.2 Å². The zero-order valence-corrected chi connectivity index (χ0v) is 19.1. The minimum absolute atomic E-state index is 0.122. The van der Waals surface area contributed by atoms with Crippen molar-refractivity contribution in [2.45, 2.75) is 58.0 Å². The third kappa shape index (κ3) is 8.79. The Hall–Kier alpha value is -2.73. The van der Waals surface area contributed by atoms with Crippen molar-refractivity contribution in [3.8, 4) is 11.5 Å². The van der Waals surface area contributed by atoms with Crippen LogP contribution in [-0.4, -0.2) is 38.4 Å². The summed E-state index contributed by atoms with van der Waals surface area (Å²) in [6, 6.07) is 15.2. The highest BCUT2D eigenvalue weighted by Crippen LogP contribution is 2.20. The van der Waals surface area contributed by atoms with E-state index in [2.05, 4.69) is 17.6 Å². The summed E-state index contributed by atoms with van der Waals surface area (Å²) in [5.74, 6) is 1.43. The van der Waals surface area contributed by atoms with Crippen molar-refractivity contribution in [1.82, 2.24) is 0 Å². The van der Waals surface area contributed by atoms with Crippen molar-refractivity contribution in [2.75, 3.05) is 37.0 Å². The van der Waals surface area contributed by atoms with Gasteiger partial charge in [0, 0.05) is 30.1 Å². The summed E-state index contributed by atoms with van der Waals surface area (Å²) in [5.41, 5.74) is 1.57. The van der Waals surface area contributed by atoms with E-state index in [0.29, 0.717) is 12.3 Å². The molecule has 174 valence electrons. The molecule has 1 aliphatic rings. The molecule has 1 amide bonds. The molecule has 0 spiro atoms. The quantitative estimate of drug-likeness (QED) is 0.372. The third-order valence-electron chi connectivity index (χ3n) is 5.38. The Morgan fingerprint density at radius 2 is 1.75 bits per heavy atom. The second-order valence-corrected chi connectivity index (χ2v) is 8.17. The predicted molar refractivity (Wildman–Crippen MR) is 129 cm³/mol. The lowest BCUT2D eigenvalue weighted by Crippen LogP contribution is -2.21. The Balaban J connectivity index is 1.38. The molecule has 0 saturated carbocycles. The number of anilines is 2. The summed E-state index contributed by atoms with van der Waals surface area (Å²) >= 11 is 0. The van der Waals surface area contributed by atoms with E-state index in [0.717, 1.165) is 49.7 Å². The summed E-state index contributed by atoms with van der Waals surface area (Å²) in [4.78, 5) is 12.4. The van der Waals surface area contributed by atoms with Crippen molar-refractivity contribution in [3.05, 3.63) is 48.5 Å². The first-order chi connectivity index (χ1) is 15.7. The fourth-order valence-corrected chi connectivity index (χ4v) is 3.61. The SMILES string of the molecule is CCCCCCCOc1cccc(NCC(=O)Nc2cccc(OCC3CCCO3)c2)c1. The molecule has 32 heavy (non-hydrogen) atoms. The maximum absolute atomic E-state index is 12.4. The molecule has 1 aliphatic heterocycles. The van der Waals surface area contributed by atoms with Gasteiger partial charge < -0.3 is 24.8 Å². The van der Waals surface area contributed by atoms with E-state index in [1.54, 1.807) is 0 Å². The van der Waals surface area contributed by atoms with Crippen molar-refractivity contribution < 1.29 is 19.0 Å². The van der Waals surface area contributed by atoms with Crippen LogP contribution in [0, 0.1) is 0 Å². The Labute approximate surface area is 191 Å². The number of carbonyl (C=O) groups is 1. The van der Waals surface area contributed by atoms with E-state index < -0.39 is 0 Å². The molecule has 1 saturated heterocycles.